The molecule has 4 unspecified atom stereocenters. The Balaban J connectivity index is 1.79. The highest BCUT2D eigenvalue weighted by Gasteiger charge is 2.58. The SMILES string of the molecule is Cc1ncnc2c1ccn2C1OC2CCCC2(O)C1O. The number of nitrogens with zero attached hydrogens (tertiary/aromatic N) is 3. The summed E-state index contributed by atoms with van der Waals surface area (Å²) in [5.41, 5.74) is 0.494. The summed E-state index contributed by atoms with van der Waals surface area (Å²) in [4.78, 5) is 8.44. The fraction of sp³-hybridized carbons (Fsp3) is 0.571. The van der Waals surface area contributed by atoms with Crippen LogP contribution in [0.1, 0.15) is 31.2 Å². The summed E-state index contributed by atoms with van der Waals surface area (Å²) >= 11 is 0. The summed E-state index contributed by atoms with van der Waals surface area (Å²) < 4.78 is 7.69. The molecule has 4 atom stereocenters. The lowest BCUT2D eigenvalue weighted by molar-refractivity contribution is -0.0637. The van der Waals surface area contributed by atoms with E-state index in [1.54, 1.807) is 4.57 Å². The predicted molar refractivity (Wildman–Crippen MR) is 71.0 cm³/mol. The van der Waals surface area contributed by atoms with Crippen LogP contribution in [0.2, 0.25) is 0 Å². The molecule has 2 fully saturated rings. The third-order valence-electron chi connectivity index (χ3n) is 4.67. The van der Waals surface area contributed by atoms with Crippen LogP contribution in [0.5, 0.6) is 0 Å². The van der Waals surface area contributed by atoms with Gasteiger partial charge in [0.05, 0.1) is 11.8 Å². The maximum Gasteiger partial charge on any atom is 0.164 e. The number of hydrogen-bond donors (Lipinski definition) is 2. The number of hydrogen-bond acceptors (Lipinski definition) is 5. The summed E-state index contributed by atoms with van der Waals surface area (Å²) in [6, 6.07) is 1.92. The van der Waals surface area contributed by atoms with Crippen molar-refractivity contribution < 1.29 is 14.9 Å². The van der Waals surface area contributed by atoms with Crippen LogP contribution >= 0.6 is 0 Å². The number of aliphatic hydroxyl groups is 2. The Kier molecular flexibility index (Phi) is 2.45. The number of aryl methyl sites for hydroxylation is 1. The van der Waals surface area contributed by atoms with Gasteiger partial charge in [-0.15, -0.1) is 0 Å². The van der Waals surface area contributed by atoms with Gasteiger partial charge in [-0.2, -0.15) is 0 Å². The van der Waals surface area contributed by atoms with Gasteiger partial charge in [0, 0.05) is 11.6 Å². The Labute approximate surface area is 116 Å². The van der Waals surface area contributed by atoms with Crippen molar-refractivity contribution in [2.45, 2.75) is 50.2 Å². The number of aromatic nitrogens is 3. The molecule has 1 aliphatic heterocycles. The van der Waals surface area contributed by atoms with Crippen molar-refractivity contribution in [3.8, 4) is 0 Å². The van der Waals surface area contributed by atoms with E-state index in [0.717, 1.165) is 29.6 Å². The molecule has 1 saturated carbocycles. The molecule has 6 nitrogen and oxygen atoms in total. The first-order valence-corrected chi connectivity index (χ1v) is 6.95. The third kappa shape index (κ3) is 1.44. The first-order chi connectivity index (χ1) is 9.61. The predicted octanol–water partition coefficient (Wildman–Crippen LogP) is 0.913. The van der Waals surface area contributed by atoms with Crippen LogP contribution in [0.25, 0.3) is 11.0 Å². The van der Waals surface area contributed by atoms with Gasteiger partial charge < -0.3 is 19.5 Å². The van der Waals surface area contributed by atoms with Gasteiger partial charge in [-0.1, -0.05) is 0 Å². The number of fused-ring (bicyclic) bond motifs is 2. The third-order valence-corrected chi connectivity index (χ3v) is 4.67. The molecule has 0 spiro atoms. The Morgan fingerprint density at radius 3 is 3.10 bits per heavy atom. The highest BCUT2D eigenvalue weighted by atomic mass is 16.6. The summed E-state index contributed by atoms with van der Waals surface area (Å²) in [6.45, 7) is 1.92. The van der Waals surface area contributed by atoms with Crippen molar-refractivity contribution >= 4 is 11.0 Å². The van der Waals surface area contributed by atoms with E-state index in [2.05, 4.69) is 9.97 Å². The van der Waals surface area contributed by atoms with Crippen LogP contribution in [0.15, 0.2) is 18.6 Å². The van der Waals surface area contributed by atoms with Crippen LogP contribution < -0.4 is 0 Å². The summed E-state index contributed by atoms with van der Waals surface area (Å²) in [7, 11) is 0. The lowest BCUT2D eigenvalue weighted by Gasteiger charge is -2.25. The van der Waals surface area contributed by atoms with Crippen molar-refractivity contribution in [3.63, 3.8) is 0 Å². The lowest BCUT2D eigenvalue weighted by Crippen LogP contribution is -2.43. The van der Waals surface area contributed by atoms with Crippen LogP contribution in [0.4, 0.5) is 0 Å². The van der Waals surface area contributed by atoms with E-state index < -0.39 is 17.9 Å². The molecule has 1 saturated heterocycles. The molecule has 3 heterocycles. The average molecular weight is 275 g/mol. The van der Waals surface area contributed by atoms with Crippen molar-refractivity contribution in [1.82, 2.24) is 14.5 Å². The number of rotatable bonds is 1. The van der Waals surface area contributed by atoms with Crippen molar-refractivity contribution in [1.29, 1.82) is 0 Å². The smallest absolute Gasteiger partial charge is 0.164 e. The van der Waals surface area contributed by atoms with Gasteiger partial charge in [0.25, 0.3) is 0 Å². The summed E-state index contributed by atoms with van der Waals surface area (Å²) in [6.07, 6.45) is 3.80. The highest BCUT2D eigenvalue weighted by molar-refractivity contribution is 5.78. The number of ether oxygens (including phenoxy) is 1. The zero-order valence-electron chi connectivity index (χ0n) is 11.2. The standard InChI is InChI=1S/C14H17N3O3/c1-8-9-4-6-17(12(9)16-7-15-8)13-11(18)14(19)5-2-3-10(14)20-13/h4,6-7,10-11,13,18-19H,2-3,5H2,1H3. The minimum Gasteiger partial charge on any atom is -0.385 e. The molecule has 20 heavy (non-hydrogen) atoms. The molecular weight excluding hydrogens is 258 g/mol. The van der Waals surface area contributed by atoms with E-state index in [4.69, 9.17) is 4.74 Å². The molecule has 0 radical (unpaired) electrons. The molecule has 4 rings (SSSR count). The zero-order valence-corrected chi connectivity index (χ0v) is 11.2. The Hall–Kier alpha value is -1.50. The van der Waals surface area contributed by atoms with Crippen LogP contribution in [0.3, 0.4) is 0 Å². The van der Waals surface area contributed by atoms with Crippen LogP contribution in [-0.2, 0) is 4.74 Å². The van der Waals surface area contributed by atoms with Crippen molar-refractivity contribution in [2.24, 2.45) is 0 Å². The Morgan fingerprint density at radius 2 is 2.30 bits per heavy atom. The quantitative estimate of drug-likeness (QED) is 0.808. The van der Waals surface area contributed by atoms with E-state index in [1.165, 1.54) is 6.33 Å². The normalized spacial score (nSPS) is 36.6. The summed E-state index contributed by atoms with van der Waals surface area (Å²) in [5.74, 6) is 0. The van der Waals surface area contributed by atoms with E-state index >= 15 is 0 Å². The van der Waals surface area contributed by atoms with E-state index in [9.17, 15) is 10.2 Å². The van der Waals surface area contributed by atoms with Crippen LogP contribution in [0, 0.1) is 6.92 Å². The largest absolute Gasteiger partial charge is 0.385 e. The molecular formula is C14H17N3O3. The molecule has 2 aliphatic rings. The molecule has 2 N–H and O–H groups in total. The van der Waals surface area contributed by atoms with Gasteiger partial charge in [0.15, 0.2) is 6.23 Å². The van der Waals surface area contributed by atoms with Crippen LogP contribution in [-0.4, -0.2) is 42.6 Å². The fourth-order valence-corrected chi connectivity index (χ4v) is 3.52. The lowest BCUT2D eigenvalue weighted by atomic mass is 9.94. The Morgan fingerprint density at radius 1 is 1.45 bits per heavy atom. The second kappa shape index (κ2) is 4.00. The maximum absolute atomic E-state index is 10.6. The second-order valence-electron chi connectivity index (χ2n) is 5.76. The molecule has 1 aliphatic carbocycles. The van der Waals surface area contributed by atoms with E-state index in [1.807, 2.05) is 19.2 Å². The zero-order chi connectivity index (χ0) is 13.9. The van der Waals surface area contributed by atoms with Gasteiger partial charge in [-0.25, -0.2) is 9.97 Å². The molecule has 6 heteroatoms. The molecule has 2 aromatic heterocycles. The maximum atomic E-state index is 10.6. The highest BCUT2D eigenvalue weighted by Crippen LogP contribution is 2.47. The molecule has 2 aromatic rings. The second-order valence-corrected chi connectivity index (χ2v) is 5.76. The van der Waals surface area contributed by atoms with Gasteiger partial charge in [0.1, 0.15) is 23.7 Å². The average Bonchev–Trinajstić information content (AvgIpc) is 3.06. The Bertz CT molecular complexity index is 671. The first-order valence-electron chi connectivity index (χ1n) is 6.95. The molecule has 0 bridgehead atoms. The molecule has 0 amide bonds. The van der Waals surface area contributed by atoms with E-state index in [-0.39, 0.29) is 6.10 Å². The molecule has 106 valence electrons. The van der Waals surface area contributed by atoms with Gasteiger partial charge in [0.2, 0.25) is 0 Å². The number of aliphatic hydroxyl groups excluding tert-OH is 1. The van der Waals surface area contributed by atoms with Gasteiger partial charge in [-0.3, -0.25) is 0 Å². The van der Waals surface area contributed by atoms with Crippen molar-refractivity contribution in [2.75, 3.05) is 0 Å². The molecule has 0 aromatic carbocycles. The van der Waals surface area contributed by atoms with Gasteiger partial charge in [-0.05, 0) is 32.3 Å². The topological polar surface area (TPSA) is 80.4 Å². The summed E-state index contributed by atoms with van der Waals surface area (Å²) in [5, 5.41) is 22.0. The fourth-order valence-electron chi connectivity index (χ4n) is 3.52. The van der Waals surface area contributed by atoms with Gasteiger partial charge >= 0.3 is 0 Å². The first kappa shape index (κ1) is 12.3. The minimum absolute atomic E-state index is 0.289. The monoisotopic (exact) mass is 275 g/mol. The minimum atomic E-state index is -1.12. The van der Waals surface area contributed by atoms with Crippen molar-refractivity contribution in [3.05, 3.63) is 24.3 Å². The van der Waals surface area contributed by atoms with E-state index in [0.29, 0.717) is 6.42 Å².